The van der Waals surface area contributed by atoms with Gasteiger partial charge in [-0.3, -0.25) is 9.11 Å². The Kier molecular flexibility index (Phi) is 7.92. The molecule has 0 aromatic rings. The molecule has 0 amide bonds. The molecule has 0 saturated carbocycles. The molecule has 0 bridgehead atoms. The first-order valence-electron chi connectivity index (χ1n) is 3.32. The molecule has 2 N–H and O–H groups in total. The van der Waals surface area contributed by atoms with E-state index in [9.17, 15) is 4.79 Å². The Bertz CT molecular complexity index is 294. The van der Waals surface area contributed by atoms with Crippen molar-refractivity contribution in [3.63, 3.8) is 0 Å². The molecular weight excluding hydrogens is 212 g/mol. The summed E-state index contributed by atoms with van der Waals surface area (Å²) in [5.74, 6) is -0.366. The highest BCUT2D eigenvalue weighted by molar-refractivity contribution is 7.79. The van der Waals surface area contributed by atoms with Gasteiger partial charge < -0.3 is 4.74 Å². The lowest BCUT2D eigenvalue weighted by molar-refractivity contribution is -0.137. The lowest BCUT2D eigenvalue weighted by atomic mass is 10.4. The topological polar surface area (TPSA) is 101 Å². The largest absolute Gasteiger partial charge is 0.458 e. The first kappa shape index (κ1) is 15.3. The molecule has 0 fully saturated rings. The molecule has 0 aliphatic rings. The number of hydrogen-bond donors (Lipinski definition) is 2. The molecule has 0 aromatic carbocycles. The fourth-order valence-electron chi connectivity index (χ4n) is 0.258. The summed E-state index contributed by atoms with van der Waals surface area (Å²) in [7, 11) is -4.67. The molecule has 0 aromatic heterocycles. The van der Waals surface area contributed by atoms with Crippen LogP contribution in [0.4, 0.5) is 0 Å². The van der Waals surface area contributed by atoms with Crippen molar-refractivity contribution in [2.24, 2.45) is 0 Å². The normalized spacial score (nSPS) is 9.36. The predicted molar refractivity (Wildman–Crippen MR) is 50.1 cm³/mol. The highest BCUT2D eigenvalue weighted by atomic mass is 32.3. The molecule has 0 spiro atoms. The van der Waals surface area contributed by atoms with Crippen LogP contribution in [0.25, 0.3) is 0 Å². The van der Waals surface area contributed by atoms with Crippen LogP contribution in [0.2, 0.25) is 0 Å². The van der Waals surface area contributed by atoms with Crippen LogP contribution in [0.15, 0.2) is 24.8 Å². The van der Waals surface area contributed by atoms with Crippen molar-refractivity contribution in [2.45, 2.75) is 6.92 Å². The molecule has 0 heterocycles. The smallest absolute Gasteiger partial charge is 0.394 e. The Labute approximate surface area is 82.5 Å². The van der Waals surface area contributed by atoms with Gasteiger partial charge in [-0.2, -0.15) is 8.42 Å². The van der Waals surface area contributed by atoms with Crippen LogP contribution in [-0.2, 0) is 19.9 Å². The van der Waals surface area contributed by atoms with Crippen LogP contribution >= 0.6 is 0 Å². The molecule has 0 atom stereocenters. The molecule has 6 nitrogen and oxygen atoms in total. The average molecular weight is 224 g/mol. The Morgan fingerprint density at radius 1 is 1.50 bits per heavy atom. The van der Waals surface area contributed by atoms with Crippen molar-refractivity contribution >= 4 is 16.4 Å². The number of esters is 1. The minimum Gasteiger partial charge on any atom is -0.458 e. The quantitative estimate of drug-likeness (QED) is 0.316. The fourth-order valence-corrected chi connectivity index (χ4v) is 0.258. The Hall–Kier alpha value is -1.18. The monoisotopic (exact) mass is 224 g/mol. The van der Waals surface area contributed by atoms with E-state index in [1.165, 1.54) is 6.08 Å². The van der Waals surface area contributed by atoms with E-state index in [-0.39, 0.29) is 12.6 Å². The van der Waals surface area contributed by atoms with Crippen LogP contribution in [0.1, 0.15) is 6.92 Å². The van der Waals surface area contributed by atoms with Gasteiger partial charge in [0.25, 0.3) is 0 Å². The Morgan fingerprint density at radius 3 is 2.07 bits per heavy atom. The maximum absolute atomic E-state index is 10.5. The summed E-state index contributed by atoms with van der Waals surface area (Å²) in [6.45, 7) is 8.64. The maximum atomic E-state index is 10.5. The van der Waals surface area contributed by atoms with Crippen molar-refractivity contribution < 1.29 is 27.1 Å². The summed E-state index contributed by atoms with van der Waals surface area (Å²) in [5.41, 5.74) is 0.414. The van der Waals surface area contributed by atoms with Gasteiger partial charge in [0.15, 0.2) is 0 Å². The van der Waals surface area contributed by atoms with E-state index in [0.29, 0.717) is 5.57 Å². The second-order valence-electron chi connectivity index (χ2n) is 2.12. The van der Waals surface area contributed by atoms with Crippen molar-refractivity contribution in [2.75, 3.05) is 6.61 Å². The van der Waals surface area contributed by atoms with Crippen molar-refractivity contribution in [1.82, 2.24) is 0 Å². The van der Waals surface area contributed by atoms with E-state index in [4.69, 9.17) is 17.5 Å². The van der Waals surface area contributed by atoms with Crippen molar-refractivity contribution in [3.8, 4) is 0 Å². The van der Waals surface area contributed by atoms with Gasteiger partial charge in [-0.25, -0.2) is 4.79 Å². The lowest BCUT2D eigenvalue weighted by Crippen LogP contribution is -2.03. The highest BCUT2D eigenvalue weighted by Crippen LogP contribution is 1.90. The molecule has 0 aliphatic heterocycles. The number of carbonyl (C=O) groups is 1. The molecule has 82 valence electrons. The van der Waals surface area contributed by atoms with E-state index in [1.807, 2.05) is 0 Å². The third kappa shape index (κ3) is 22.4. The Morgan fingerprint density at radius 2 is 1.86 bits per heavy atom. The minimum atomic E-state index is -4.67. The lowest BCUT2D eigenvalue weighted by Gasteiger charge is -1.97. The molecular formula is C7H12O6S. The first-order valence-corrected chi connectivity index (χ1v) is 4.71. The molecule has 0 rings (SSSR count). The van der Waals surface area contributed by atoms with Crippen LogP contribution in [-0.4, -0.2) is 30.1 Å². The summed E-state index contributed by atoms with van der Waals surface area (Å²) >= 11 is 0. The van der Waals surface area contributed by atoms with Crippen LogP contribution in [0, 0.1) is 0 Å². The fraction of sp³-hybridized carbons (Fsp3) is 0.286. The molecule has 0 radical (unpaired) electrons. The zero-order chi connectivity index (χ0) is 11.8. The molecule has 14 heavy (non-hydrogen) atoms. The summed E-state index contributed by atoms with van der Waals surface area (Å²) < 4.78 is 36.2. The number of ether oxygens (including phenoxy) is 1. The van der Waals surface area contributed by atoms with Crippen LogP contribution in [0.5, 0.6) is 0 Å². The summed E-state index contributed by atoms with van der Waals surface area (Å²) in [5, 5.41) is 0. The number of carbonyl (C=O) groups excluding carboxylic acids is 1. The van der Waals surface area contributed by atoms with Gasteiger partial charge in [-0.05, 0) is 6.92 Å². The second kappa shape index (κ2) is 7.25. The van der Waals surface area contributed by atoms with Gasteiger partial charge in [0, 0.05) is 5.57 Å². The van der Waals surface area contributed by atoms with Gasteiger partial charge in [-0.15, -0.1) is 0 Å². The van der Waals surface area contributed by atoms with Gasteiger partial charge >= 0.3 is 16.4 Å². The SMILES string of the molecule is C=CCOC(=O)C(=C)C.O=S(=O)(O)O. The Balaban J connectivity index is 0. The molecule has 0 aliphatic carbocycles. The summed E-state index contributed by atoms with van der Waals surface area (Å²) in [6, 6.07) is 0. The standard InChI is InChI=1S/C7H10O2.H2O4S/c1-4-5-9-7(8)6(2)3;1-5(2,3)4/h4H,1-2,5H2,3H3;(H2,1,2,3,4). The van der Waals surface area contributed by atoms with E-state index in [0.717, 1.165) is 0 Å². The van der Waals surface area contributed by atoms with Crippen molar-refractivity contribution in [1.29, 1.82) is 0 Å². The van der Waals surface area contributed by atoms with E-state index >= 15 is 0 Å². The zero-order valence-corrected chi connectivity index (χ0v) is 8.45. The summed E-state index contributed by atoms with van der Waals surface area (Å²) in [6.07, 6.45) is 1.51. The van der Waals surface area contributed by atoms with Gasteiger partial charge in [0.2, 0.25) is 0 Å². The van der Waals surface area contributed by atoms with E-state index in [2.05, 4.69) is 17.9 Å². The molecule has 0 saturated heterocycles. The zero-order valence-electron chi connectivity index (χ0n) is 7.63. The number of hydrogen-bond acceptors (Lipinski definition) is 4. The first-order chi connectivity index (χ1) is 6.18. The summed E-state index contributed by atoms with van der Waals surface area (Å²) in [4.78, 5) is 10.5. The van der Waals surface area contributed by atoms with E-state index in [1.54, 1.807) is 6.92 Å². The average Bonchev–Trinajstić information content (AvgIpc) is 1.96. The number of rotatable bonds is 3. The highest BCUT2D eigenvalue weighted by Gasteiger charge is 1.98. The van der Waals surface area contributed by atoms with Crippen LogP contribution < -0.4 is 0 Å². The third-order valence-corrected chi connectivity index (χ3v) is 0.681. The molecule has 7 heteroatoms. The maximum Gasteiger partial charge on any atom is 0.394 e. The predicted octanol–water partition coefficient (Wildman–Crippen LogP) is 0.639. The second-order valence-corrected chi connectivity index (χ2v) is 3.01. The van der Waals surface area contributed by atoms with Crippen LogP contribution in [0.3, 0.4) is 0 Å². The minimum absolute atomic E-state index is 0.256. The van der Waals surface area contributed by atoms with Gasteiger partial charge in [-0.1, -0.05) is 19.2 Å². The van der Waals surface area contributed by atoms with Gasteiger partial charge in [0.1, 0.15) is 6.61 Å². The van der Waals surface area contributed by atoms with Gasteiger partial charge in [0.05, 0.1) is 0 Å². The van der Waals surface area contributed by atoms with Crippen molar-refractivity contribution in [3.05, 3.63) is 24.8 Å². The van der Waals surface area contributed by atoms with E-state index < -0.39 is 10.4 Å². The third-order valence-electron chi connectivity index (χ3n) is 0.681. The molecule has 0 unspecified atom stereocenters.